The van der Waals surface area contributed by atoms with Crippen LogP contribution < -0.4 is 14.2 Å². The highest BCUT2D eigenvalue weighted by Gasteiger charge is 2.29. The van der Waals surface area contributed by atoms with Gasteiger partial charge >= 0.3 is 0 Å². The van der Waals surface area contributed by atoms with E-state index in [0.29, 0.717) is 28.7 Å². The molecule has 1 aliphatic rings. The Balaban J connectivity index is 1.23. The Kier molecular flexibility index (Phi) is 11.2. The third-order valence-electron chi connectivity index (χ3n) is 8.13. The number of ether oxygens (including phenoxy) is 3. The van der Waals surface area contributed by atoms with Gasteiger partial charge in [-0.3, -0.25) is 4.79 Å². The average Bonchev–Trinajstić information content (AvgIpc) is 3.47. The van der Waals surface area contributed by atoms with E-state index in [2.05, 4.69) is 11.9 Å². The van der Waals surface area contributed by atoms with Gasteiger partial charge in [-0.05, 0) is 86.3 Å². The van der Waals surface area contributed by atoms with Crippen LogP contribution in [0, 0.1) is 17.6 Å². The zero-order valence-electron chi connectivity index (χ0n) is 25.1. The second-order valence-electron chi connectivity index (χ2n) is 11.1. The van der Waals surface area contributed by atoms with E-state index in [1.54, 1.807) is 33.5 Å². The third kappa shape index (κ3) is 8.00. The van der Waals surface area contributed by atoms with Crippen molar-refractivity contribution in [1.29, 1.82) is 0 Å². The van der Waals surface area contributed by atoms with E-state index in [1.807, 2.05) is 29.2 Å². The second kappa shape index (κ2) is 15.0. The predicted octanol–water partition coefficient (Wildman–Crippen LogP) is 6.78. The summed E-state index contributed by atoms with van der Waals surface area (Å²) in [7, 11) is 6.77. The van der Waals surface area contributed by atoms with Crippen molar-refractivity contribution in [2.75, 3.05) is 54.6 Å². The van der Waals surface area contributed by atoms with Crippen molar-refractivity contribution >= 4 is 5.91 Å². The zero-order chi connectivity index (χ0) is 30.1. The number of hydrogen-bond donors (Lipinski definition) is 0. The summed E-state index contributed by atoms with van der Waals surface area (Å²) >= 11 is 0. The van der Waals surface area contributed by atoms with Gasteiger partial charge in [0, 0.05) is 31.1 Å². The molecule has 1 heterocycles. The number of unbranched alkanes of at least 4 members (excludes halogenated alkanes) is 2. The molecule has 6 nitrogen and oxygen atoms in total. The highest BCUT2D eigenvalue weighted by atomic mass is 19.1. The van der Waals surface area contributed by atoms with Gasteiger partial charge in [-0.1, -0.05) is 37.1 Å². The number of nitrogens with zero attached hydrogens (tertiary/aromatic N) is 2. The summed E-state index contributed by atoms with van der Waals surface area (Å²) in [6.45, 7) is 3.36. The lowest BCUT2D eigenvalue weighted by Gasteiger charge is -2.22. The molecule has 0 N–H and O–H groups in total. The van der Waals surface area contributed by atoms with Gasteiger partial charge < -0.3 is 24.0 Å². The van der Waals surface area contributed by atoms with Crippen LogP contribution in [0.2, 0.25) is 0 Å². The summed E-state index contributed by atoms with van der Waals surface area (Å²) < 4.78 is 43.2. The summed E-state index contributed by atoms with van der Waals surface area (Å²) in [5, 5.41) is 0. The standard InChI is InChI=1S/C34H42F2N2O4/c1-37(18-7-5-6-8-30(25-9-13-28(35)14-10-25)26-11-15-29(36)16-12-26)22-24-17-19-38(23-24)34(39)27-20-31(40-2)33(42-4)32(21-27)41-3/h9-16,20-21,24,30H,5-8,17-19,22-23H2,1-4H3. The van der Waals surface area contributed by atoms with Crippen molar-refractivity contribution in [2.24, 2.45) is 5.92 Å². The first-order chi connectivity index (χ1) is 20.3. The molecule has 1 amide bonds. The fourth-order valence-corrected chi connectivity index (χ4v) is 5.91. The second-order valence-corrected chi connectivity index (χ2v) is 11.1. The molecule has 1 atom stereocenters. The Hall–Kier alpha value is -3.65. The van der Waals surface area contributed by atoms with E-state index in [4.69, 9.17) is 14.2 Å². The monoisotopic (exact) mass is 580 g/mol. The van der Waals surface area contributed by atoms with Gasteiger partial charge in [0.2, 0.25) is 5.75 Å². The minimum Gasteiger partial charge on any atom is -0.493 e. The fraction of sp³-hybridized carbons (Fsp3) is 0.441. The van der Waals surface area contributed by atoms with Crippen LogP contribution in [-0.2, 0) is 0 Å². The smallest absolute Gasteiger partial charge is 0.254 e. The molecule has 0 aromatic heterocycles. The van der Waals surface area contributed by atoms with Crippen LogP contribution in [0.5, 0.6) is 17.2 Å². The first-order valence-electron chi connectivity index (χ1n) is 14.6. The topological polar surface area (TPSA) is 51.2 Å². The Morgan fingerprint density at radius 3 is 1.98 bits per heavy atom. The number of carbonyl (C=O) groups excluding carboxylic acids is 1. The quantitative estimate of drug-likeness (QED) is 0.197. The van der Waals surface area contributed by atoms with Gasteiger partial charge in [-0.15, -0.1) is 0 Å². The molecular weight excluding hydrogens is 538 g/mol. The van der Waals surface area contributed by atoms with E-state index in [0.717, 1.165) is 69.4 Å². The molecule has 0 saturated carbocycles. The number of halogens is 2. The molecule has 3 aromatic carbocycles. The third-order valence-corrected chi connectivity index (χ3v) is 8.13. The number of amides is 1. The SMILES string of the molecule is COc1cc(C(=O)N2CCC(CN(C)CCCCCC(c3ccc(F)cc3)c3ccc(F)cc3)C2)cc(OC)c1OC. The van der Waals surface area contributed by atoms with Gasteiger partial charge in [-0.25, -0.2) is 8.78 Å². The van der Waals surface area contributed by atoms with Gasteiger partial charge in [-0.2, -0.15) is 0 Å². The van der Waals surface area contributed by atoms with Crippen molar-refractivity contribution in [1.82, 2.24) is 9.80 Å². The van der Waals surface area contributed by atoms with Crippen LogP contribution in [-0.4, -0.2) is 70.3 Å². The molecule has 0 bridgehead atoms. The van der Waals surface area contributed by atoms with Crippen LogP contribution in [0.1, 0.15) is 59.5 Å². The number of rotatable bonds is 14. The Morgan fingerprint density at radius 2 is 1.45 bits per heavy atom. The number of carbonyl (C=O) groups is 1. The first kappa shape index (κ1) is 31.3. The lowest BCUT2D eigenvalue weighted by Crippen LogP contribution is -2.32. The molecular formula is C34H42F2N2O4. The number of likely N-dealkylation sites (tertiary alicyclic amines) is 1. The van der Waals surface area contributed by atoms with Crippen LogP contribution >= 0.6 is 0 Å². The van der Waals surface area contributed by atoms with Gasteiger partial charge in [0.05, 0.1) is 21.3 Å². The van der Waals surface area contributed by atoms with Crippen LogP contribution in [0.4, 0.5) is 8.78 Å². The molecule has 42 heavy (non-hydrogen) atoms. The van der Waals surface area contributed by atoms with Gasteiger partial charge in [0.15, 0.2) is 11.5 Å². The molecule has 1 fully saturated rings. The van der Waals surface area contributed by atoms with Gasteiger partial charge in [0.1, 0.15) is 11.6 Å². The molecule has 1 aliphatic heterocycles. The minimum absolute atomic E-state index is 0.0312. The molecule has 3 aromatic rings. The molecule has 0 aliphatic carbocycles. The van der Waals surface area contributed by atoms with Crippen molar-refractivity contribution in [3.63, 3.8) is 0 Å². The molecule has 1 saturated heterocycles. The van der Waals surface area contributed by atoms with Crippen LogP contribution in [0.15, 0.2) is 60.7 Å². The first-order valence-corrected chi connectivity index (χ1v) is 14.6. The van der Waals surface area contributed by atoms with E-state index in [1.165, 1.54) is 24.3 Å². The van der Waals surface area contributed by atoms with E-state index < -0.39 is 0 Å². The summed E-state index contributed by atoms with van der Waals surface area (Å²) in [6, 6.07) is 16.7. The summed E-state index contributed by atoms with van der Waals surface area (Å²) in [4.78, 5) is 17.5. The average molecular weight is 581 g/mol. The number of methoxy groups -OCH3 is 3. The van der Waals surface area contributed by atoms with Crippen molar-refractivity contribution in [3.8, 4) is 17.2 Å². The summed E-state index contributed by atoms with van der Waals surface area (Å²) in [6.07, 6.45) is 5.05. The molecule has 8 heteroatoms. The summed E-state index contributed by atoms with van der Waals surface area (Å²) in [5.41, 5.74) is 2.62. The minimum atomic E-state index is -0.254. The molecule has 0 spiro atoms. The van der Waals surface area contributed by atoms with Crippen molar-refractivity contribution < 1.29 is 27.8 Å². The normalized spacial score (nSPS) is 15.0. The maximum absolute atomic E-state index is 13.5. The van der Waals surface area contributed by atoms with Crippen molar-refractivity contribution in [3.05, 3.63) is 89.0 Å². The maximum Gasteiger partial charge on any atom is 0.254 e. The van der Waals surface area contributed by atoms with E-state index in [9.17, 15) is 13.6 Å². The van der Waals surface area contributed by atoms with Crippen molar-refractivity contribution in [2.45, 2.75) is 38.0 Å². The lowest BCUT2D eigenvalue weighted by atomic mass is 9.87. The Bertz CT molecular complexity index is 1230. The molecule has 4 rings (SSSR count). The maximum atomic E-state index is 13.5. The number of benzene rings is 3. The van der Waals surface area contributed by atoms with Crippen LogP contribution in [0.3, 0.4) is 0 Å². The zero-order valence-corrected chi connectivity index (χ0v) is 25.1. The number of hydrogen-bond acceptors (Lipinski definition) is 5. The Morgan fingerprint density at radius 1 is 0.881 bits per heavy atom. The highest BCUT2D eigenvalue weighted by Crippen LogP contribution is 2.39. The lowest BCUT2D eigenvalue weighted by molar-refractivity contribution is 0.0783. The molecule has 226 valence electrons. The fourth-order valence-electron chi connectivity index (χ4n) is 5.91. The molecule has 1 unspecified atom stereocenters. The summed E-state index contributed by atoms with van der Waals surface area (Å²) in [5.74, 6) is 1.40. The van der Waals surface area contributed by atoms with E-state index in [-0.39, 0.29) is 23.5 Å². The van der Waals surface area contributed by atoms with Crippen LogP contribution in [0.25, 0.3) is 0 Å². The molecule has 0 radical (unpaired) electrons. The Labute approximate surface area is 248 Å². The largest absolute Gasteiger partial charge is 0.493 e. The predicted molar refractivity (Wildman–Crippen MR) is 161 cm³/mol. The van der Waals surface area contributed by atoms with Gasteiger partial charge in [0.25, 0.3) is 5.91 Å². The highest BCUT2D eigenvalue weighted by molar-refractivity contribution is 5.95. The van der Waals surface area contributed by atoms with E-state index >= 15 is 0 Å².